The van der Waals surface area contributed by atoms with Crippen LogP contribution in [0.1, 0.15) is 28.8 Å². The Hall–Kier alpha value is -3.94. The van der Waals surface area contributed by atoms with Crippen LogP contribution < -0.4 is 0 Å². The van der Waals surface area contributed by atoms with E-state index in [1.807, 2.05) is 18.2 Å². The van der Waals surface area contributed by atoms with Gasteiger partial charge in [-0.15, -0.1) is 0 Å². The lowest BCUT2D eigenvalue weighted by Gasteiger charge is -2.36. The van der Waals surface area contributed by atoms with Crippen molar-refractivity contribution >= 4 is 23.8 Å². The number of methoxy groups -OCH3 is 1. The van der Waals surface area contributed by atoms with Crippen LogP contribution in [0.4, 0.5) is 4.79 Å². The van der Waals surface area contributed by atoms with Gasteiger partial charge in [-0.3, -0.25) is 9.69 Å². The Bertz CT molecular complexity index is 1080. The van der Waals surface area contributed by atoms with Crippen LogP contribution >= 0.6 is 0 Å². The number of benzene rings is 2. The highest BCUT2D eigenvalue weighted by Crippen LogP contribution is 2.43. The van der Waals surface area contributed by atoms with Crippen LogP contribution in [-0.4, -0.2) is 53.5 Å². The minimum atomic E-state index is -1.37. The van der Waals surface area contributed by atoms with Gasteiger partial charge in [0.15, 0.2) is 11.4 Å². The molecule has 2 aliphatic rings. The van der Waals surface area contributed by atoms with E-state index in [1.54, 1.807) is 42.5 Å². The van der Waals surface area contributed by atoms with Crippen LogP contribution in [0.3, 0.4) is 0 Å². The molecule has 0 aromatic heterocycles. The average molecular weight is 449 g/mol. The zero-order valence-corrected chi connectivity index (χ0v) is 18.0. The van der Waals surface area contributed by atoms with Crippen molar-refractivity contribution in [3.8, 4) is 0 Å². The van der Waals surface area contributed by atoms with Gasteiger partial charge in [0.25, 0.3) is 0 Å². The van der Waals surface area contributed by atoms with Gasteiger partial charge in [0.2, 0.25) is 0 Å². The van der Waals surface area contributed by atoms with Gasteiger partial charge in [-0.2, -0.15) is 0 Å². The van der Waals surface area contributed by atoms with Crippen molar-refractivity contribution < 1.29 is 33.4 Å². The molecule has 2 aromatic rings. The maximum atomic E-state index is 13.1. The third-order valence-corrected chi connectivity index (χ3v) is 5.88. The predicted molar refractivity (Wildman–Crippen MR) is 116 cm³/mol. The fraction of sp³-hybridized carbons (Fsp3) is 0.280. The number of nitrogens with zero attached hydrogens (tertiary/aromatic N) is 1. The monoisotopic (exact) mass is 449 g/mol. The molecule has 0 bridgehead atoms. The molecular weight excluding hydrogens is 426 g/mol. The Balaban J connectivity index is 1.64. The molecule has 0 unspecified atom stereocenters. The summed E-state index contributed by atoms with van der Waals surface area (Å²) >= 11 is 0. The molecule has 2 aromatic carbocycles. The van der Waals surface area contributed by atoms with Gasteiger partial charge < -0.3 is 14.2 Å². The van der Waals surface area contributed by atoms with Crippen molar-refractivity contribution in [1.82, 2.24) is 4.90 Å². The highest BCUT2D eigenvalue weighted by Gasteiger charge is 2.60. The summed E-state index contributed by atoms with van der Waals surface area (Å²) in [7, 11) is 1.21. The van der Waals surface area contributed by atoms with Crippen molar-refractivity contribution in [3.63, 3.8) is 0 Å². The fourth-order valence-corrected chi connectivity index (χ4v) is 4.26. The summed E-state index contributed by atoms with van der Waals surface area (Å²) in [5.74, 6) is -1.56. The first-order valence-electron chi connectivity index (χ1n) is 10.5. The number of ether oxygens (including phenoxy) is 3. The van der Waals surface area contributed by atoms with Crippen molar-refractivity contribution in [2.45, 2.75) is 37.1 Å². The Morgan fingerprint density at radius 2 is 1.70 bits per heavy atom. The molecule has 1 aliphatic heterocycles. The van der Waals surface area contributed by atoms with E-state index in [4.69, 9.17) is 14.2 Å². The van der Waals surface area contributed by atoms with Crippen LogP contribution in [0, 0.1) is 0 Å². The smallest absolute Gasteiger partial charge is 0.411 e. The number of carbonyl (C=O) groups is 4. The first kappa shape index (κ1) is 22.3. The van der Waals surface area contributed by atoms with Crippen molar-refractivity contribution in [2.24, 2.45) is 0 Å². The molecule has 3 atom stereocenters. The van der Waals surface area contributed by atoms with Crippen molar-refractivity contribution in [2.75, 3.05) is 7.11 Å². The van der Waals surface area contributed by atoms with Crippen LogP contribution in [0.2, 0.25) is 0 Å². The second-order valence-electron chi connectivity index (χ2n) is 7.92. The van der Waals surface area contributed by atoms with Crippen LogP contribution in [0.25, 0.3) is 0 Å². The number of rotatable bonds is 5. The number of likely N-dealkylation sites (tertiary alicyclic amines) is 1. The van der Waals surface area contributed by atoms with Crippen LogP contribution in [-0.2, 0) is 30.4 Å². The summed E-state index contributed by atoms with van der Waals surface area (Å²) in [6, 6.07) is 15.5. The quantitative estimate of drug-likeness (QED) is 0.511. The molecule has 1 aliphatic carbocycles. The van der Waals surface area contributed by atoms with Gasteiger partial charge in [-0.25, -0.2) is 14.4 Å². The molecule has 1 saturated heterocycles. The van der Waals surface area contributed by atoms with E-state index < -0.39 is 35.7 Å². The van der Waals surface area contributed by atoms with E-state index in [0.717, 1.165) is 5.56 Å². The van der Waals surface area contributed by atoms with Gasteiger partial charge >= 0.3 is 18.0 Å². The molecule has 33 heavy (non-hydrogen) atoms. The molecule has 170 valence electrons. The Kier molecular flexibility index (Phi) is 6.26. The average Bonchev–Trinajstić information content (AvgIpc) is 3.17. The van der Waals surface area contributed by atoms with E-state index in [1.165, 1.54) is 24.2 Å². The lowest BCUT2D eigenvalue weighted by Crippen LogP contribution is -2.52. The van der Waals surface area contributed by atoms with E-state index in [2.05, 4.69) is 0 Å². The minimum absolute atomic E-state index is 0.0165. The molecular formula is C25H23NO7. The normalized spacial score (nSPS) is 23.5. The third-order valence-electron chi connectivity index (χ3n) is 5.88. The number of amides is 1. The minimum Gasteiger partial charge on any atom is -0.467 e. The molecule has 1 heterocycles. The molecule has 0 saturated carbocycles. The Labute approximate surface area is 190 Å². The first-order valence-corrected chi connectivity index (χ1v) is 10.5. The van der Waals surface area contributed by atoms with E-state index in [-0.39, 0.29) is 25.2 Å². The van der Waals surface area contributed by atoms with Crippen LogP contribution in [0.5, 0.6) is 0 Å². The second-order valence-corrected chi connectivity index (χ2v) is 7.92. The van der Waals surface area contributed by atoms with Crippen molar-refractivity contribution in [1.29, 1.82) is 0 Å². The Morgan fingerprint density at radius 3 is 2.36 bits per heavy atom. The number of hydrogen-bond acceptors (Lipinski definition) is 7. The molecule has 8 nitrogen and oxygen atoms in total. The summed E-state index contributed by atoms with van der Waals surface area (Å²) in [5, 5.41) is 0. The van der Waals surface area contributed by atoms with Gasteiger partial charge in [-0.1, -0.05) is 48.5 Å². The molecule has 0 N–H and O–H groups in total. The topological polar surface area (TPSA) is 99.2 Å². The molecule has 8 heteroatoms. The molecule has 0 spiro atoms. The summed E-state index contributed by atoms with van der Waals surface area (Å²) in [4.78, 5) is 52.1. The second kappa shape index (κ2) is 9.28. The SMILES string of the molecule is COC(=O)[C@@H]1C[C@@]2(OC(=O)c3ccccc3)C=CC(=O)C[C@H]2N1C(=O)OCc1ccccc1. The maximum Gasteiger partial charge on any atom is 0.411 e. The highest BCUT2D eigenvalue weighted by atomic mass is 16.6. The van der Waals surface area contributed by atoms with Gasteiger partial charge in [-0.05, 0) is 29.8 Å². The first-order chi connectivity index (χ1) is 15.9. The summed E-state index contributed by atoms with van der Waals surface area (Å²) in [5.41, 5.74) is -0.289. The summed E-state index contributed by atoms with van der Waals surface area (Å²) < 4.78 is 16.2. The van der Waals surface area contributed by atoms with E-state index in [9.17, 15) is 19.2 Å². The van der Waals surface area contributed by atoms with Crippen molar-refractivity contribution in [3.05, 3.63) is 83.9 Å². The van der Waals surface area contributed by atoms with E-state index in [0.29, 0.717) is 5.56 Å². The molecule has 1 amide bonds. The number of allylic oxidation sites excluding steroid dienone is 1. The van der Waals surface area contributed by atoms with E-state index >= 15 is 0 Å². The lowest BCUT2D eigenvalue weighted by atomic mass is 9.84. The standard InChI is InChI=1S/C25H23NO7/c1-31-23(29)20-15-25(33-22(28)18-10-6-3-7-11-18)13-12-19(27)14-21(25)26(20)24(30)32-16-17-8-4-2-5-9-17/h2-13,20-21H,14-16H2,1H3/t20-,21+,25-/m0/s1. The van der Waals surface area contributed by atoms with Crippen LogP contribution in [0.15, 0.2) is 72.8 Å². The largest absolute Gasteiger partial charge is 0.467 e. The number of hydrogen-bond donors (Lipinski definition) is 0. The van der Waals surface area contributed by atoms with Gasteiger partial charge in [0.1, 0.15) is 12.6 Å². The lowest BCUT2D eigenvalue weighted by molar-refractivity contribution is -0.146. The molecule has 1 fully saturated rings. The maximum absolute atomic E-state index is 13.1. The Morgan fingerprint density at radius 1 is 1.03 bits per heavy atom. The highest BCUT2D eigenvalue weighted by molar-refractivity contribution is 5.95. The zero-order valence-electron chi connectivity index (χ0n) is 18.0. The number of fused-ring (bicyclic) bond motifs is 1. The summed E-state index contributed by atoms with van der Waals surface area (Å²) in [6.07, 6.45) is 1.83. The molecule has 0 radical (unpaired) electrons. The third kappa shape index (κ3) is 4.50. The zero-order chi connectivity index (χ0) is 23.4. The fourth-order valence-electron chi connectivity index (χ4n) is 4.26. The predicted octanol–water partition coefficient (Wildman–Crippen LogP) is 3.06. The summed E-state index contributed by atoms with van der Waals surface area (Å²) in [6.45, 7) is -0.0165. The number of esters is 2. The number of ketones is 1. The van der Waals surface area contributed by atoms with Gasteiger partial charge in [0, 0.05) is 12.8 Å². The van der Waals surface area contributed by atoms with Gasteiger partial charge in [0.05, 0.1) is 18.7 Å². The number of carbonyl (C=O) groups excluding carboxylic acids is 4. The molecule has 4 rings (SSSR count).